The Hall–Kier alpha value is -3.83. The number of nitrogens with zero attached hydrogens (tertiary/aromatic N) is 1. The van der Waals surface area contributed by atoms with Crippen LogP contribution in [0.3, 0.4) is 0 Å². The van der Waals surface area contributed by atoms with Crippen molar-refractivity contribution in [2.75, 3.05) is 0 Å². The Kier molecular flexibility index (Phi) is 9.84. The number of rotatable bonds is 4. The minimum atomic E-state index is -1.38. The highest BCUT2D eigenvalue weighted by Crippen LogP contribution is 2.20. The quantitative estimate of drug-likeness (QED) is 0.264. The van der Waals surface area contributed by atoms with Crippen molar-refractivity contribution < 1.29 is 38.5 Å². The normalized spacial score (nSPS) is 12.5. The van der Waals surface area contributed by atoms with E-state index in [1.165, 1.54) is 24.3 Å². The van der Waals surface area contributed by atoms with Crippen LogP contribution in [0.5, 0.6) is 0 Å². The van der Waals surface area contributed by atoms with E-state index >= 15 is 0 Å². The molecule has 12 heteroatoms. The van der Waals surface area contributed by atoms with Gasteiger partial charge in [0.25, 0.3) is 0 Å². The van der Waals surface area contributed by atoms with E-state index in [-0.39, 0.29) is 17.2 Å². The van der Waals surface area contributed by atoms with Crippen molar-refractivity contribution in [3.63, 3.8) is 0 Å². The van der Waals surface area contributed by atoms with Gasteiger partial charge in [0.15, 0.2) is 6.04 Å². The highest BCUT2D eigenvalue weighted by Gasteiger charge is 2.26. The third-order valence-corrected chi connectivity index (χ3v) is 3.61. The average Bonchev–Trinajstić information content (AvgIpc) is 2.62. The Morgan fingerprint density at radius 3 is 1.47 bits per heavy atom. The molecular weight excluding hydrogens is 472 g/mol. The third-order valence-electron chi connectivity index (χ3n) is 3.61. The maximum absolute atomic E-state index is 12.2. The minimum Gasteiger partial charge on any atom is -0.479 e. The van der Waals surface area contributed by atoms with Crippen LogP contribution in [-0.4, -0.2) is 52.1 Å². The lowest BCUT2D eigenvalue weighted by Crippen LogP contribution is -2.47. The molecule has 200 valence electrons. The smallest absolute Gasteiger partial charge is 0.414 e. The molecule has 0 aliphatic rings. The van der Waals surface area contributed by atoms with Crippen molar-refractivity contribution in [2.24, 2.45) is 4.99 Å². The second-order valence-electron chi connectivity index (χ2n) is 10.7. The van der Waals surface area contributed by atoms with Gasteiger partial charge in [0, 0.05) is 0 Å². The molecule has 0 heterocycles. The molecule has 1 aromatic carbocycles. The van der Waals surface area contributed by atoms with Gasteiger partial charge in [-0.15, -0.1) is 0 Å². The van der Waals surface area contributed by atoms with E-state index in [0.717, 1.165) is 0 Å². The molecule has 0 aliphatic heterocycles. The molecule has 0 unspecified atom stereocenters. The molecule has 0 saturated carbocycles. The van der Waals surface area contributed by atoms with E-state index in [9.17, 15) is 24.3 Å². The number of carboxylic acid groups (broad SMARTS) is 1. The largest absolute Gasteiger partial charge is 0.479 e. The highest BCUT2D eigenvalue weighted by molar-refractivity contribution is 6.02. The molecule has 0 bridgehead atoms. The van der Waals surface area contributed by atoms with Crippen LogP contribution < -0.4 is 16.0 Å². The molecule has 3 amide bonds. The van der Waals surface area contributed by atoms with Crippen molar-refractivity contribution in [1.29, 1.82) is 0 Å². The lowest BCUT2D eigenvalue weighted by molar-refractivity contribution is -0.139. The third kappa shape index (κ3) is 12.6. The van der Waals surface area contributed by atoms with Crippen LogP contribution in [-0.2, 0) is 19.0 Å². The Labute approximate surface area is 210 Å². The van der Waals surface area contributed by atoms with Crippen molar-refractivity contribution in [2.45, 2.75) is 85.2 Å². The number of alkyl carbamates (subject to hydrolysis) is 3. The summed E-state index contributed by atoms with van der Waals surface area (Å²) in [5.41, 5.74) is -1.90. The summed E-state index contributed by atoms with van der Waals surface area (Å²) in [7, 11) is 0. The molecule has 0 spiro atoms. The fraction of sp³-hybridized carbons (Fsp3) is 0.542. The number of hydrogen-bond donors (Lipinski definition) is 4. The van der Waals surface area contributed by atoms with Gasteiger partial charge in [0.1, 0.15) is 16.8 Å². The maximum atomic E-state index is 12.2. The number of carbonyl (C=O) groups is 4. The number of hydrogen-bond acceptors (Lipinski definition) is 8. The van der Waals surface area contributed by atoms with Gasteiger partial charge in [-0.1, -0.05) is 12.1 Å². The van der Waals surface area contributed by atoms with E-state index in [1.54, 1.807) is 62.3 Å². The number of carbonyl (C=O) groups excluding carboxylic acids is 3. The van der Waals surface area contributed by atoms with Crippen LogP contribution in [0.2, 0.25) is 0 Å². The predicted molar refractivity (Wildman–Crippen MR) is 132 cm³/mol. The molecule has 12 nitrogen and oxygen atoms in total. The van der Waals surface area contributed by atoms with Crippen LogP contribution in [0.4, 0.5) is 20.1 Å². The topological polar surface area (TPSA) is 165 Å². The molecule has 1 atom stereocenters. The molecule has 0 aromatic heterocycles. The molecule has 4 N–H and O–H groups in total. The molecule has 0 radical (unpaired) electrons. The number of benzene rings is 1. The first-order chi connectivity index (χ1) is 16.2. The summed E-state index contributed by atoms with van der Waals surface area (Å²) in [4.78, 5) is 52.4. The monoisotopic (exact) mass is 508 g/mol. The fourth-order valence-electron chi connectivity index (χ4n) is 2.47. The van der Waals surface area contributed by atoms with Gasteiger partial charge in [0.05, 0.1) is 5.69 Å². The maximum Gasteiger partial charge on any atom is 0.414 e. The van der Waals surface area contributed by atoms with E-state index in [1.807, 2.05) is 0 Å². The van der Waals surface area contributed by atoms with Gasteiger partial charge in [-0.3, -0.25) is 10.6 Å². The zero-order chi connectivity index (χ0) is 27.9. The molecule has 36 heavy (non-hydrogen) atoms. The van der Waals surface area contributed by atoms with E-state index in [2.05, 4.69) is 20.9 Å². The van der Waals surface area contributed by atoms with E-state index < -0.39 is 47.1 Å². The van der Waals surface area contributed by atoms with Gasteiger partial charge in [0.2, 0.25) is 5.96 Å². The van der Waals surface area contributed by atoms with Gasteiger partial charge in [-0.25, -0.2) is 24.2 Å². The average molecular weight is 509 g/mol. The number of carboxylic acids is 1. The summed E-state index contributed by atoms with van der Waals surface area (Å²) in [5, 5.41) is 16.6. The summed E-state index contributed by atoms with van der Waals surface area (Å²) in [6, 6.07) is 4.35. The van der Waals surface area contributed by atoms with Gasteiger partial charge >= 0.3 is 24.2 Å². The second-order valence-corrected chi connectivity index (χ2v) is 10.7. The Morgan fingerprint density at radius 2 is 1.11 bits per heavy atom. The summed E-state index contributed by atoms with van der Waals surface area (Å²) in [5.74, 6) is -1.57. The second kappa shape index (κ2) is 11.7. The summed E-state index contributed by atoms with van der Waals surface area (Å²) in [6.45, 7) is 15.0. The zero-order valence-electron chi connectivity index (χ0n) is 22.1. The summed E-state index contributed by atoms with van der Waals surface area (Å²) in [6.07, 6.45) is -2.61. The van der Waals surface area contributed by atoms with Crippen molar-refractivity contribution in [3.8, 4) is 0 Å². The molecular formula is C24H36N4O8. The number of amides is 3. The van der Waals surface area contributed by atoms with Gasteiger partial charge in [-0.2, -0.15) is 0 Å². The van der Waals surface area contributed by atoms with Crippen molar-refractivity contribution in [3.05, 3.63) is 29.8 Å². The SMILES string of the molecule is CC(C)(C)OC(=O)NC(=Nc1ccc([C@H](NC(=O)OC(C)(C)C)C(=O)O)cc1)NC(=O)OC(C)(C)C. The Balaban J connectivity index is 3.16. The van der Waals surface area contributed by atoms with E-state index in [0.29, 0.717) is 0 Å². The molecule has 0 saturated heterocycles. The standard InChI is InChI=1S/C24H36N4O8/c1-22(2,3)34-19(31)26-16(17(29)30)14-10-12-15(13-11-14)25-18(27-20(32)35-23(4,5)6)28-21(33)36-24(7,8)9/h10-13,16H,1-9H3,(H,26,31)(H,29,30)(H2,25,27,28,32,33)/t16-/m0/s1. The first kappa shape index (κ1) is 30.2. The fourth-order valence-corrected chi connectivity index (χ4v) is 2.47. The number of guanidine groups is 1. The number of aliphatic imine (C=N–C) groups is 1. The van der Waals surface area contributed by atoms with Crippen molar-refractivity contribution >= 4 is 35.9 Å². The van der Waals surface area contributed by atoms with Crippen LogP contribution in [0, 0.1) is 0 Å². The first-order valence-corrected chi connectivity index (χ1v) is 11.1. The highest BCUT2D eigenvalue weighted by atomic mass is 16.6. The number of aliphatic carboxylic acids is 1. The molecule has 0 fully saturated rings. The number of nitrogens with one attached hydrogen (secondary N) is 3. The van der Waals surface area contributed by atoms with Gasteiger partial charge in [-0.05, 0) is 80.0 Å². The Morgan fingerprint density at radius 1 is 0.722 bits per heavy atom. The van der Waals surface area contributed by atoms with E-state index in [4.69, 9.17) is 14.2 Å². The van der Waals surface area contributed by atoms with Crippen LogP contribution in [0.15, 0.2) is 29.3 Å². The van der Waals surface area contributed by atoms with Crippen molar-refractivity contribution in [1.82, 2.24) is 16.0 Å². The van der Waals surface area contributed by atoms with Gasteiger partial charge < -0.3 is 24.6 Å². The summed E-state index contributed by atoms with van der Waals surface area (Å²) >= 11 is 0. The zero-order valence-corrected chi connectivity index (χ0v) is 22.1. The molecule has 0 aliphatic carbocycles. The number of ether oxygens (including phenoxy) is 3. The molecule has 1 aromatic rings. The first-order valence-electron chi connectivity index (χ1n) is 11.1. The van der Waals surface area contributed by atoms with Crippen LogP contribution in [0.25, 0.3) is 0 Å². The lowest BCUT2D eigenvalue weighted by atomic mass is 10.1. The lowest BCUT2D eigenvalue weighted by Gasteiger charge is -2.22. The van der Waals surface area contributed by atoms with Crippen LogP contribution in [0.1, 0.15) is 73.9 Å². The molecule has 1 rings (SSSR count). The van der Waals surface area contributed by atoms with Crippen LogP contribution >= 0.6 is 0 Å². The summed E-state index contributed by atoms with van der Waals surface area (Å²) < 4.78 is 15.5. The minimum absolute atomic E-state index is 0.245. The predicted octanol–water partition coefficient (Wildman–Crippen LogP) is 4.37. The Bertz CT molecular complexity index is 951.